The molecule has 3 rings (SSSR count). The summed E-state index contributed by atoms with van der Waals surface area (Å²) in [4.78, 5) is 2.28. The van der Waals surface area contributed by atoms with Crippen molar-refractivity contribution in [3.63, 3.8) is 0 Å². The molecule has 1 fully saturated rings. The molecule has 20 heavy (non-hydrogen) atoms. The van der Waals surface area contributed by atoms with Crippen molar-refractivity contribution in [3.05, 3.63) is 22.7 Å². The van der Waals surface area contributed by atoms with E-state index < -0.39 is 0 Å². The molecule has 0 aromatic carbocycles. The fourth-order valence-corrected chi connectivity index (χ4v) is 3.73. The Labute approximate surface area is 118 Å². The van der Waals surface area contributed by atoms with Gasteiger partial charge in [-0.3, -0.25) is 5.10 Å². The number of aromatic amines is 1. The second-order valence-electron chi connectivity index (χ2n) is 5.87. The highest BCUT2D eigenvalue weighted by molar-refractivity contribution is 5.55. The van der Waals surface area contributed by atoms with Crippen LogP contribution in [0, 0.1) is 24.2 Å². The number of likely N-dealkylation sites (tertiary alicyclic amines) is 1. The van der Waals surface area contributed by atoms with Gasteiger partial charge in [0.25, 0.3) is 0 Å². The lowest BCUT2D eigenvalue weighted by molar-refractivity contribution is 0.135. The van der Waals surface area contributed by atoms with E-state index in [-0.39, 0.29) is 17.2 Å². The standard InChI is InChI=1S/C14H19N5O/c1-8-7-19(3)5-4-14(8)10(6-15)12(16)20-13-11(14)9(2)17-18-13/h8H,4-5,7,16H2,1-3H3,(H,17,18)/t8-,14-/m0/s1. The molecule has 0 unspecified atom stereocenters. The van der Waals surface area contributed by atoms with Crippen LogP contribution in [0.25, 0.3) is 0 Å². The molecule has 0 amide bonds. The van der Waals surface area contributed by atoms with Gasteiger partial charge in [0.2, 0.25) is 11.8 Å². The first-order valence-corrected chi connectivity index (χ1v) is 6.83. The number of nitrogens with two attached hydrogens (primary N) is 1. The van der Waals surface area contributed by atoms with Crippen molar-refractivity contribution in [2.75, 3.05) is 20.1 Å². The molecule has 1 aromatic rings. The van der Waals surface area contributed by atoms with Crippen LogP contribution in [-0.2, 0) is 5.41 Å². The van der Waals surface area contributed by atoms with Gasteiger partial charge in [-0.2, -0.15) is 5.26 Å². The van der Waals surface area contributed by atoms with Gasteiger partial charge >= 0.3 is 0 Å². The smallest absolute Gasteiger partial charge is 0.244 e. The molecule has 0 aliphatic carbocycles. The number of ether oxygens (including phenoxy) is 1. The van der Waals surface area contributed by atoms with Crippen LogP contribution in [0.3, 0.4) is 0 Å². The van der Waals surface area contributed by atoms with Gasteiger partial charge in [0.05, 0.1) is 0 Å². The van der Waals surface area contributed by atoms with E-state index in [1.54, 1.807) is 0 Å². The molecular weight excluding hydrogens is 254 g/mol. The van der Waals surface area contributed by atoms with Crippen molar-refractivity contribution in [3.8, 4) is 11.9 Å². The molecule has 0 radical (unpaired) electrons. The van der Waals surface area contributed by atoms with E-state index in [2.05, 4.69) is 35.1 Å². The zero-order valence-corrected chi connectivity index (χ0v) is 12.0. The van der Waals surface area contributed by atoms with E-state index >= 15 is 0 Å². The summed E-state index contributed by atoms with van der Waals surface area (Å²) in [5, 5.41) is 16.8. The number of piperidine rings is 1. The monoisotopic (exact) mass is 273 g/mol. The molecule has 2 aliphatic rings. The minimum absolute atomic E-state index is 0.197. The van der Waals surface area contributed by atoms with E-state index in [0.717, 1.165) is 30.8 Å². The Hall–Kier alpha value is -2.00. The van der Waals surface area contributed by atoms with Gasteiger partial charge in [-0.05, 0) is 32.9 Å². The summed E-state index contributed by atoms with van der Waals surface area (Å²) < 4.78 is 5.54. The topological polar surface area (TPSA) is 91.0 Å². The second kappa shape index (κ2) is 4.25. The summed E-state index contributed by atoms with van der Waals surface area (Å²) in [6.07, 6.45) is 0.852. The van der Waals surface area contributed by atoms with Crippen molar-refractivity contribution >= 4 is 0 Å². The molecule has 3 heterocycles. The SMILES string of the molecule is Cc1[nH]nc2c1[C@]1(CCN(C)C[C@@H]1C)C(C#N)=C(N)O2. The van der Waals surface area contributed by atoms with Gasteiger partial charge in [0, 0.05) is 23.2 Å². The number of allylic oxidation sites excluding steroid dienone is 1. The molecule has 0 saturated carbocycles. The molecule has 1 aromatic heterocycles. The van der Waals surface area contributed by atoms with Gasteiger partial charge in [0.1, 0.15) is 11.6 Å². The summed E-state index contributed by atoms with van der Waals surface area (Å²) >= 11 is 0. The van der Waals surface area contributed by atoms with Crippen molar-refractivity contribution in [1.82, 2.24) is 15.1 Å². The number of rotatable bonds is 0. The van der Waals surface area contributed by atoms with Gasteiger partial charge in [0.15, 0.2) is 0 Å². The van der Waals surface area contributed by atoms with Crippen molar-refractivity contribution in [2.45, 2.75) is 25.7 Å². The Morgan fingerprint density at radius 1 is 1.60 bits per heavy atom. The average Bonchev–Trinajstić information content (AvgIpc) is 2.76. The molecule has 3 N–H and O–H groups in total. The molecule has 2 aliphatic heterocycles. The quantitative estimate of drug-likeness (QED) is 0.736. The Morgan fingerprint density at radius 2 is 2.35 bits per heavy atom. The minimum atomic E-state index is -0.379. The van der Waals surface area contributed by atoms with E-state index in [1.807, 2.05) is 6.92 Å². The van der Waals surface area contributed by atoms with E-state index in [1.165, 1.54) is 0 Å². The number of H-pyrrole nitrogens is 1. The Morgan fingerprint density at radius 3 is 3.00 bits per heavy atom. The Balaban J connectivity index is 2.25. The highest BCUT2D eigenvalue weighted by Crippen LogP contribution is 2.51. The molecule has 6 heteroatoms. The van der Waals surface area contributed by atoms with Crippen LogP contribution in [0.5, 0.6) is 5.88 Å². The number of nitrogens with zero attached hydrogens (tertiary/aromatic N) is 3. The second-order valence-corrected chi connectivity index (χ2v) is 5.87. The normalized spacial score (nSPS) is 30.0. The molecule has 1 spiro atoms. The van der Waals surface area contributed by atoms with Gasteiger partial charge in [-0.15, -0.1) is 5.10 Å². The third-order valence-corrected chi connectivity index (χ3v) is 4.69. The van der Waals surface area contributed by atoms with Crippen molar-refractivity contribution < 1.29 is 4.74 Å². The number of hydrogen-bond acceptors (Lipinski definition) is 5. The Bertz CT molecular complexity index is 626. The zero-order valence-electron chi connectivity index (χ0n) is 12.0. The number of hydrogen-bond donors (Lipinski definition) is 2. The first-order chi connectivity index (χ1) is 9.50. The van der Waals surface area contributed by atoms with Gasteiger partial charge < -0.3 is 15.4 Å². The molecule has 0 bridgehead atoms. The number of nitriles is 1. The minimum Gasteiger partial charge on any atom is -0.420 e. The molecule has 106 valence electrons. The van der Waals surface area contributed by atoms with Crippen LogP contribution >= 0.6 is 0 Å². The summed E-state index contributed by atoms with van der Waals surface area (Å²) in [6.45, 7) is 5.98. The largest absolute Gasteiger partial charge is 0.420 e. The van der Waals surface area contributed by atoms with Crippen LogP contribution < -0.4 is 10.5 Å². The summed E-state index contributed by atoms with van der Waals surface area (Å²) in [5.74, 6) is 0.992. The molecule has 2 atom stereocenters. The Kier molecular flexibility index (Phi) is 2.76. The van der Waals surface area contributed by atoms with E-state index in [9.17, 15) is 5.26 Å². The van der Waals surface area contributed by atoms with Gasteiger partial charge in [-0.1, -0.05) is 6.92 Å². The van der Waals surface area contributed by atoms with E-state index in [0.29, 0.717) is 11.5 Å². The van der Waals surface area contributed by atoms with Crippen molar-refractivity contribution in [2.24, 2.45) is 11.7 Å². The predicted octanol–water partition coefficient (Wildman–Crippen LogP) is 1.01. The molecule has 6 nitrogen and oxygen atoms in total. The number of nitrogens with one attached hydrogen (secondary N) is 1. The van der Waals surface area contributed by atoms with Crippen LogP contribution in [0.2, 0.25) is 0 Å². The predicted molar refractivity (Wildman–Crippen MR) is 73.7 cm³/mol. The fourth-order valence-electron chi connectivity index (χ4n) is 3.73. The lowest BCUT2D eigenvalue weighted by Gasteiger charge is -2.47. The van der Waals surface area contributed by atoms with Crippen LogP contribution in [0.4, 0.5) is 0 Å². The number of fused-ring (bicyclic) bond motifs is 2. The van der Waals surface area contributed by atoms with Crippen LogP contribution in [0.15, 0.2) is 11.5 Å². The maximum atomic E-state index is 9.60. The maximum absolute atomic E-state index is 9.60. The third-order valence-electron chi connectivity index (χ3n) is 4.69. The number of aryl methyl sites for hydroxylation is 1. The lowest BCUT2D eigenvalue weighted by atomic mass is 9.61. The third kappa shape index (κ3) is 1.50. The van der Waals surface area contributed by atoms with Gasteiger partial charge in [-0.25, -0.2) is 0 Å². The molecule has 1 saturated heterocycles. The first kappa shape index (κ1) is 13.0. The summed E-state index contributed by atoms with van der Waals surface area (Å²) in [6, 6.07) is 2.29. The van der Waals surface area contributed by atoms with Crippen LogP contribution in [-0.4, -0.2) is 35.2 Å². The fraction of sp³-hybridized carbons (Fsp3) is 0.571. The summed E-state index contributed by atoms with van der Waals surface area (Å²) in [7, 11) is 2.10. The van der Waals surface area contributed by atoms with E-state index in [4.69, 9.17) is 10.5 Å². The lowest BCUT2D eigenvalue weighted by Crippen LogP contribution is -2.51. The zero-order chi connectivity index (χ0) is 14.5. The molecular formula is C14H19N5O. The van der Waals surface area contributed by atoms with Crippen molar-refractivity contribution in [1.29, 1.82) is 5.26 Å². The highest BCUT2D eigenvalue weighted by Gasteiger charge is 2.52. The van der Waals surface area contributed by atoms with Crippen LogP contribution in [0.1, 0.15) is 24.6 Å². The first-order valence-electron chi connectivity index (χ1n) is 6.83. The highest BCUT2D eigenvalue weighted by atomic mass is 16.5. The average molecular weight is 273 g/mol. The number of aromatic nitrogens is 2. The summed E-state index contributed by atoms with van der Waals surface area (Å²) in [5.41, 5.74) is 8.11. The maximum Gasteiger partial charge on any atom is 0.244 e.